The summed E-state index contributed by atoms with van der Waals surface area (Å²) in [6, 6.07) is 16.0. The first-order valence-electron chi connectivity index (χ1n) is 12.6. The molecule has 2 atom stereocenters. The number of hydrogen-bond donors (Lipinski definition) is 2. The molecule has 2 fully saturated rings. The zero-order valence-electron chi connectivity index (χ0n) is 20.0. The first-order chi connectivity index (χ1) is 16.9. The van der Waals surface area contributed by atoms with Crippen molar-refractivity contribution in [3.8, 4) is 11.1 Å². The highest BCUT2D eigenvalue weighted by Crippen LogP contribution is 2.44. The van der Waals surface area contributed by atoms with Crippen LogP contribution in [0.3, 0.4) is 0 Å². The second kappa shape index (κ2) is 9.36. The predicted octanol–water partition coefficient (Wildman–Crippen LogP) is 4.55. The summed E-state index contributed by atoms with van der Waals surface area (Å²) in [5, 5.41) is 12.5. The second-order valence-corrected chi connectivity index (χ2v) is 9.95. The lowest BCUT2D eigenvalue weighted by Crippen LogP contribution is -2.59. The molecule has 7 heteroatoms. The number of likely N-dealkylation sites (tertiary alicyclic amines) is 1. The zero-order valence-corrected chi connectivity index (χ0v) is 20.0. The third-order valence-electron chi connectivity index (χ3n) is 8.09. The molecule has 184 valence electrons. The Labute approximate surface area is 205 Å². The number of nitrogens with one attached hydrogen (secondary N) is 1. The van der Waals surface area contributed by atoms with Gasteiger partial charge in [-0.1, -0.05) is 68.3 Å². The fourth-order valence-corrected chi connectivity index (χ4v) is 6.37. The van der Waals surface area contributed by atoms with Crippen molar-refractivity contribution in [1.82, 2.24) is 10.2 Å². The average molecular weight is 477 g/mol. The fourth-order valence-electron chi connectivity index (χ4n) is 6.37. The molecule has 7 nitrogen and oxygen atoms in total. The molecular formula is C28H32N2O5. The normalized spacial score (nSPS) is 22.5. The maximum Gasteiger partial charge on any atom is 0.408 e. The number of ether oxygens (including phenoxy) is 1. The van der Waals surface area contributed by atoms with Crippen molar-refractivity contribution in [2.45, 2.75) is 62.9 Å². The van der Waals surface area contributed by atoms with Crippen LogP contribution in [0, 0.1) is 5.92 Å². The summed E-state index contributed by atoms with van der Waals surface area (Å²) in [5.74, 6) is -1.64. The number of carbonyl (C=O) groups is 3. The molecule has 2 aliphatic carbocycles. The molecule has 35 heavy (non-hydrogen) atoms. The highest BCUT2D eigenvalue weighted by Gasteiger charge is 2.50. The first-order valence-corrected chi connectivity index (χ1v) is 12.6. The van der Waals surface area contributed by atoms with E-state index >= 15 is 0 Å². The summed E-state index contributed by atoms with van der Waals surface area (Å²) in [6.07, 6.45) is 3.18. The van der Waals surface area contributed by atoms with E-state index in [4.69, 9.17) is 4.74 Å². The minimum atomic E-state index is -1.02. The highest BCUT2D eigenvalue weighted by molar-refractivity contribution is 5.91. The number of fused-ring (bicyclic) bond motifs is 3. The number of alkyl carbamates (subject to hydrolysis) is 1. The van der Waals surface area contributed by atoms with Crippen molar-refractivity contribution in [3.63, 3.8) is 0 Å². The van der Waals surface area contributed by atoms with Gasteiger partial charge >= 0.3 is 12.1 Å². The highest BCUT2D eigenvalue weighted by atomic mass is 16.5. The summed E-state index contributed by atoms with van der Waals surface area (Å²) in [6.45, 7) is 2.50. The van der Waals surface area contributed by atoms with Gasteiger partial charge in [-0.15, -0.1) is 0 Å². The zero-order chi connectivity index (χ0) is 24.6. The average Bonchev–Trinajstić information content (AvgIpc) is 3.58. The van der Waals surface area contributed by atoms with E-state index < -0.39 is 23.5 Å². The van der Waals surface area contributed by atoms with E-state index in [1.165, 1.54) is 0 Å². The van der Waals surface area contributed by atoms with Crippen LogP contribution in [0.5, 0.6) is 0 Å². The summed E-state index contributed by atoms with van der Waals surface area (Å²) in [4.78, 5) is 40.1. The lowest BCUT2D eigenvalue weighted by atomic mass is 9.93. The lowest BCUT2D eigenvalue weighted by molar-refractivity contribution is -0.144. The van der Waals surface area contributed by atoms with Gasteiger partial charge in [0.15, 0.2) is 0 Å². The maximum absolute atomic E-state index is 13.7. The lowest BCUT2D eigenvalue weighted by Gasteiger charge is -2.36. The van der Waals surface area contributed by atoms with Gasteiger partial charge in [0.2, 0.25) is 5.91 Å². The Morgan fingerprint density at radius 3 is 2.20 bits per heavy atom. The standard InChI is InChI=1S/C28H32N2O5/c1-2-24-22(25(31)32)13-16-30(24)26(33)28(14-7-8-15-28)29-27(34)35-17-23-20-11-5-3-9-18(20)19-10-4-6-12-21(19)23/h3-6,9-12,22-24H,2,7-8,13-17H2,1H3,(H,29,34)(H,31,32). The third-order valence-corrected chi connectivity index (χ3v) is 8.09. The van der Waals surface area contributed by atoms with Crippen LogP contribution in [-0.4, -0.2) is 52.7 Å². The predicted molar refractivity (Wildman–Crippen MR) is 131 cm³/mol. The van der Waals surface area contributed by atoms with Crippen LogP contribution < -0.4 is 5.32 Å². The van der Waals surface area contributed by atoms with E-state index in [-0.39, 0.29) is 24.5 Å². The van der Waals surface area contributed by atoms with Crippen LogP contribution in [0.2, 0.25) is 0 Å². The van der Waals surface area contributed by atoms with Crippen molar-refractivity contribution < 1.29 is 24.2 Å². The van der Waals surface area contributed by atoms with Gasteiger partial charge in [-0.25, -0.2) is 4.79 Å². The Hall–Kier alpha value is -3.35. The smallest absolute Gasteiger partial charge is 0.408 e. The van der Waals surface area contributed by atoms with Crippen LogP contribution in [0.1, 0.15) is 62.5 Å². The number of carboxylic acids is 1. The summed E-state index contributed by atoms with van der Waals surface area (Å²) < 4.78 is 5.74. The van der Waals surface area contributed by atoms with Gasteiger partial charge in [0.1, 0.15) is 12.1 Å². The van der Waals surface area contributed by atoms with E-state index in [2.05, 4.69) is 29.6 Å². The number of benzene rings is 2. The minimum Gasteiger partial charge on any atom is -0.481 e. The molecule has 5 rings (SSSR count). The molecule has 0 spiro atoms. The number of hydrogen-bond acceptors (Lipinski definition) is 4. The molecule has 0 aromatic heterocycles. The topological polar surface area (TPSA) is 95.9 Å². The van der Waals surface area contributed by atoms with E-state index in [0.29, 0.717) is 32.2 Å². The van der Waals surface area contributed by atoms with Gasteiger partial charge < -0.3 is 20.1 Å². The quantitative estimate of drug-likeness (QED) is 0.638. The molecule has 0 radical (unpaired) electrons. The molecule has 2 N–H and O–H groups in total. The van der Waals surface area contributed by atoms with Crippen molar-refractivity contribution in [3.05, 3.63) is 59.7 Å². The Kier molecular flexibility index (Phi) is 6.26. The third kappa shape index (κ3) is 4.07. The van der Waals surface area contributed by atoms with Gasteiger partial charge in [0.05, 0.1) is 5.92 Å². The minimum absolute atomic E-state index is 0.0530. The number of carboxylic acid groups (broad SMARTS) is 1. The van der Waals surface area contributed by atoms with Crippen molar-refractivity contribution in [2.24, 2.45) is 5.92 Å². The number of aliphatic carboxylic acids is 1. The summed E-state index contributed by atoms with van der Waals surface area (Å²) >= 11 is 0. The molecule has 2 aromatic carbocycles. The Balaban J connectivity index is 1.30. The molecular weight excluding hydrogens is 444 g/mol. The number of nitrogens with zero attached hydrogens (tertiary/aromatic N) is 1. The Morgan fingerprint density at radius 2 is 1.63 bits per heavy atom. The molecule has 2 aromatic rings. The van der Waals surface area contributed by atoms with Crippen LogP contribution >= 0.6 is 0 Å². The van der Waals surface area contributed by atoms with Gasteiger partial charge in [-0.2, -0.15) is 0 Å². The van der Waals surface area contributed by atoms with Crippen molar-refractivity contribution in [1.29, 1.82) is 0 Å². The molecule has 0 bridgehead atoms. The fraction of sp³-hybridized carbons (Fsp3) is 0.464. The Bertz CT molecular complexity index is 1090. The van der Waals surface area contributed by atoms with Crippen LogP contribution in [0.15, 0.2) is 48.5 Å². The maximum atomic E-state index is 13.7. The molecule has 2 unspecified atom stereocenters. The Morgan fingerprint density at radius 1 is 1.03 bits per heavy atom. The van der Waals surface area contributed by atoms with Crippen LogP contribution in [0.25, 0.3) is 11.1 Å². The SMILES string of the molecule is CCC1C(C(=O)O)CCN1C(=O)C1(NC(=O)OCC2c3ccccc3-c3ccccc32)CCCC1. The molecule has 1 saturated carbocycles. The number of amides is 2. The molecule has 1 heterocycles. The van der Waals surface area contributed by atoms with Crippen LogP contribution in [0.4, 0.5) is 4.79 Å². The largest absolute Gasteiger partial charge is 0.481 e. The van der Waals surface area contributed by atoms with E-state index in [1.54, 1.807) is 4.90 Å². The van der Waals surface area contributed by atoms with E-state index in [9.17, 15) is 19.5 Å². The first kappa shape index (κ1) is 23.4. The van der Waals surface area contributed by atoms with E-state index in [0.717, 1.165) is 35.1 Å². The molecule has 1 aliphatic heterocycles. The van der Waals surface area contributed by atoms with Gasteiger partial charge in [0, 0.05) is 18.5 Å². The summed E-state index contributed by atoms with van der Waals surface area (Å²) in [5.41, 5.74) is 3.56. The number of carbonyl (C=O) groups excluding carboxylic acids is 2. The molecule has 2 amide bonds. The van der Waals surface area contributed by atoms with Gasteiger partial charge in [-0.05, 0) is 47.9 Å². The van der Waals surface area contributed by atoms with Crippen molar-refractivity contribution in [2.75, 3.05) is 13.2 Å². The monoisotopic (exact) mass is 476 g/mol. The molecule has 1 saturated heterocycles. The van der Waals surface area contributed by atoms with E-state index in [1.807, 2.05) is 31.2 Å². The summed E-state index contributed by atoms with van der Waals surface area (Å²) in [7, 11) is 0. The van der Waals surface area contributed by atoms with Crippen LogP contribution in [-0.2, 0) is 14.3 Å². The van der Waals surface area contributed by atoms with Gasteiger partial charge in [-0.3, -0.25) is 9.59 Å². The van der Waals surface area contributed by atoms with Gasteiger partial charge in [0.25, 0.3) is 0 Å². The molecule has 3 aliphatic rings. The number of rotatable bonds is 6. The van der Waals surface area contributed by atoms with Crippen molar-refractivity contribution >= 4 is 18.0 Å². The second-order valence-electron chi connectivity index (χ2n) is 9.95.